The predicted octanol–water partition coefficient (Wildman–Crippen LogP) is 2.40. The summed E-state index contributed by atoms with van der Waals surface area (Å²) < 4.78 is 17.9. The van der Waals surface area contributed by atoms with Crippen LogP contribution in [-0.4, -0.2) is 26.2 Å². The Morgan fingerprint density at radius 1 is 1.42 bits per heavy atom. The normalized spacial score (nSPS) is 11.5. The van der Waals surface area contributed by atoms with Crippen molar-refractivity contribution in [3.05, 3.63) is 28.0 Å². The number of nitrogens with zero attached hydrogens (tertiary/aromatic N) is 1. The highest BCUT2D eigenvalue weighted by atomic mass is 35.5. The fourth-order valence-electron chi connectivity index (χ4n) is 1.30. The van der Waals surface area contributed by atoms with Crippen LogP contribution in [0.25, 0.3) is 0 Å². The molecule has 0 bridgehead atoms. The minimum Gasteiger partial charge on any atom is -0.385 e. The smallest absolute Gasteiger partial charge is 0.210 e. The van der Waals surface area contributed by atoms with Gasteiger partial charge < -0.3 is 10.1 Å². The van der Waals surface area contributed by atoms with Crippen LogP contribution in [0.2, 0.25) is 10.0 Å². The van der Waals surface area contributed by atoms with E-state index in [1.807, 2.05) is 0 Å². The van der Waals surface area contributed by atoms with E-state index in [1.54, 1.807) is 7.11 Å². The molecule has 0 aliphatic heterocycles. The van der Waals surface area contributed by atoms with Crippen LogP contribution in [0, 0.1) is 5.82 Å². The van der Waals surface area contributed by atoms with Crippen LogP contribution >= 0.6 is 23.2 Å². The molecule has 0 amide bonds. The van der Waals surface area contributed by atoms with Crippen LogP contribution < -0.4 is 16.6 Å². The number of benzene rings is 1. The number of rotatable bonds is 5. The van der Waals surface area contributed by atoms with Crippen molar-refractivity contribution >= 4 is 34.8 Å². The molecule has 1 aromatic rings. The van der Waals surface area contributed by atoms with Gasteiger partial charge in [-0.05, 0) is 18.6 Å². The highest BCUT2D eigenvalue weighted by molar-refractivity contribution is 6.39. The lowest BCUT2D eigenvalue weighted by Gasteiger charge is -2.12. The molecule has 8 heteroatoms. The quantitative estimate of drug-likeness (QED) is 0.257. The second-order valence-electron chi connectivity index (χ2n) is 3.59. The summed E-state index contributed by atoms with van der Waals surface area (Å²) in [5, 5.41) is 3.10. The molecule has 0 heterocycles. The van der Waals surface area contributed by atoms with Crippen molar-refractivity contribution in [2.45, 2.75) is 6.42 Å². The molecule has 0 radical (unpaired) electrons. The van der Waals surface area contributed by atoms with Crippen LogP contribution in [-0.2, 0) is 4.74 Å². The third-order valence-corrected chi connectivity index (χ3v) is 2.76. The molecule has 0 aromatic heterocycles. The first-order valence-corrected chi connectivity index (χ1v) is 6.25. The number of hydrogen-bond acceptors (Lipinski definition) is 3. The number of aliphatic imine (C=N–C) groups is 1. The average molecular weight is 309 g/mol. The molecule has 0 saturated carbocycles. The fourth-order valence-corrected chi connectivity index (χ4v) is 1.86. The highest BCUT2D eigenvalue weighted by Gasteiger charge is 2.10. The van der Waals surface area contributed by atoms with E-state index in [9.17, 15) is 4.39 Å². The zero-order valence-corrected chi connectivity index (χ0v) is 11.9. The van der Waals surface area contributed by atoms with E-state index in [4.69, 9.17) is 33.8 Å². The number of halogens is 3. The first kappa shape index (κ1) is 16.0. The average Bonchev–Trinajstić information content (AvgIpc) is 2.36. The molecule has 0 aliphatic carbocycles. The van der Waals surface area contributed by atoms with Crippen LogP contribution in [0.15, 0.2) is 17.1 Å². The summed E-state index contributed by atoms with van der Waals surface area (Å²) >= 11 is 11.8. The molecule has 0 spiro atoms. The lowest BCUT2D eigenvalue weighted by atomic mass is 10.3. The van der Waals surface area contributed by atoms with Gasteiger partial charge in [-0.1, -0.05) is 23.2 Å². The third kappa shape index (κ3) is 5.20. The minimum absolute atomic E-state index is 0.143. The highest BCUT2D eigenvalue weighted by Crippen LogP contribution is 2.31. The number of anilines is 1. The van der Waals surface area contributed by atoms with Gasteiger partial charge in [-0.2, -0.15) is 0 Å². The Hall–Kier alpha value is -1.08. The molecule has 1 rings (SSSR count). The number of nitrogens with one attached hydrogen (secondary N) is 2. The Labute approximate surface area is 120 Å². The predicted molar refractivity (Wildman–Crippen MR) is 76.2 cm³/mol. The van der Waals surface area contributed by atoms with Gasteiger partial charge in [0.05, 0.1) is 15.7 Å². The molecular formula is C11H15Cl2FN4O. The fraction of sp³-hybridized carbons (Fsp3) is 0.364. The molecule has 0 atom stereocenters. The maximum absolute atomic E-state index is 13.0. The van der Waals surface area contributed by atoms with Crippen molar-refractivity contribution < 1.29 is 9.13 Å². The SMILES string of the molecule is COCCCN=C(NN)Nc1c(Cl)cc(F)cc1Cl. The van der Waals surface area contributed by atoms with E-state index in [0.717, 1.165) is 18.6 Å². The monoisotopic (exact) mass is 308 g/mol. The topological polar surface area (TPSA) is 71.7 Å². The molecule has 19 heavy (non-hydrogen) atoms. The molecule has 5 nitrogen and oxygen atoms in total. The lowest BCUT2D eigenvalue weighted by Crippen LogP contribution is -2.36. The van der Waals surface area contributed by atoms with Crippen molar-refractivity contribution in [1.29, 1.82) is 0 Å². The number of hydrogen-bond donors (Lipinski definition) is 3. The summed E-state index contributed by atoms with van der Waals surface area (Å²) in [4.78, 5) is 4.16. The first-order valence-electron chi connectivity index (χ1n) is 5.50. The second kappa shape index (κ2) is 8.16. The molecular weight excluding hydrogens is 294 g/mol. The van der Waals surface area contributed by atoms with Crippen molar-refractivity contribution in [1.82, 2.24) is 5.43 Å². The summed E-state index contributed by atoms with van der Waals surface area (Å²) in [5.74, 6) is 5.10. The zero-order chi connectivity index (χ0) is 14.3. The van der Waals surface area contributed by atoms with E-state index in [2.05, 4.69) is 15.7 Å². The van der Waals surface area contributed by atoms with Gasteiger partial charge in [0.25, 0.3) is 0 Å². The van der Waals surface area contributed by atoms with Crippen LogP contribution in [0.1, 0.15) is 6.42 Å². The standard InChI is InChI=1S/C11H15Cl2FN4O/c1-19-4-2-3-16-11(18-15)17-10-8(12)5-7(14)6-9(10)13/h5-6H,2-4,15H2,1H3,(H2,16,17,18). The van der Waals surface area contributed by atoms with E-state index < -0.39 is 5.82 Å². The van der Waals surface area contributed by atoms with Crippen LogP contribution in [0.3, 0.4) is 0 Å². The molecule has 106 valence electrons. The van der Waals surface area contributed by atoms with E-state index >= 15 is 0 Å². The Morgan fingerprint density at radius 2 is 2.05 bits per heavy atom. The molecule has 4 N–H and O–H groups in total. The van der Waals surface area contributed by atoms with Gasteiger partial charge in [0.2, 0.25) is 5.96 Å². The molecule has 0 unspecified atom stereocenters. The Balaban J connectivity index is 2.75. The lowest BCUT2D eigenvalue weighted by molar-refractivity contribution is 0.197. The zero-order valence-electron chi connectivity index (χ0n) is 10.3. The Morgan fingerprint density at radius 3 is 2.58 bits per heavy atom. The first-order chi connectivity index (χ1) is 9.08. The Bertz CT molecular complexity index is 433. The maximum atomic E-state index is 13.0. The summed E-state index contributed by atoms with van der Waals surface area (Å²) in [6.45, 7) is 1.11. The summed E-state index contributed by atoms with van der Waals surface area (Å²) in [5.41, 5.74) is 2.72. The van der Waals surface area contributed by atoms with E-state index in [0.29, 0.717) is 18.8 Å². The number of hydrazine groups is 1. The van der Waals surface area contributed by atoms with Crippen molar-refractivity contribution in [2.24, 2.45) is 10.8 Å². The third-order valence-electron chi connectivity index (χ3n) is 2.16. The van der Waals surface area contributed by atoms with Gasteiger partial charge in [-0.15, -0.1) is 0 Å². The maximum Gasteiger partial charge on any atom is 0.210 e. The van der Waals surface area contributed by atoms with Gasteiger partial charge >= 0.3 is 0 Å². The number of nitrogens with two attached hydrogens (primary N) is 1. The summed E-state index contributed by atoms with van der Waals surface area (Å²) in [6.07, 6.45) is 0.744. The van der Waals surface area contributed by atoms with Crippen LogP contribution in [0.4, 0.5) is 10.1 Å². The number of guanidine groups is 1. The number of ether oxygens (including phenoxy) is 1. The van der Waals surface area contributed by atoms with Crippen molar-refractivity contribution in [2.75, 3.05) is 25.6 Å². The van der Waals surface area contributed by atoms with Gasteiger partial charge in [0.1, 0.15) is 5.82 Å². The minimum atomic E-state index is -0.514. The Kier molecular flexibility index (Phi) is 6.86. The largest absolute Gasteiger partial charge is 0.385 e. The second-order valence-corrected chi connectivity index (χ2v) is 4.40. The van der Waals surface area contributed by atoms with Crippen molar-refractivity contribution in [3.63, 3.8) is 0 Å². The van der Waals surface area contributed by atoms with E-state index in [1.165, 1.54) is 0 Å². The summed E-state index contributed by atoms with van der Waals surface area (Å²) in [6, 6.07) is 2.30. The molecule has 0 fully saturated rings. The van der Waals surface area contributed by atoms with Gasteiger partial charge in [0.15, 0.2) is 0 Å². The molecule has 0 saturated heterocycles. The van der Waals surface area contributed by atoms with Crippen LogP contribution in [0.5, 0.6) is 0 Å². The van der Waals surface area contributed by atoms with Gasteiger partial charge in [-0.25, -0.2) is 10.2 Å². The van der Waals surface area contributed by atoms with Crippen molar-refractivity contribution in [3.8, 4) is 0 Å². The molecule has 1 aromatic carbocycles. The van der Waals surface area contributed by atoms with Gasteiger partial charge in [-0.3, -0.25) is 10.4 Å². The van der Waals surface area contributed by atoms with Gasteiger partial charge in [0, 0.05) is 20.3 Å². The molecule has 0 aliphatic rings. The summed E-state index contributed by atoms with van der Waals surface area (Å²) in [7, 11) is 1.61. The number of methoxy groups -OCH3 is 1. The van der Waals surface area contributed by atoms with E-state index in [-0.39, 0.29) is 16.0 Å².